The monoisotopic (exact) mass is 309 g/mol. The molecule has 3 aromatic rings. The summed E-state index contributed by atoms with van der Waals surface area (Å²) in [5, 5.41) is 2.91. The molecule has 1 N–H and O–H groups in total. The highest BCUT2D eigenvalue weighted by Crippen LogP contribution is 2.19. The first-order chi connectivity index (χ1) is 10.9. The lowest BCUT2D eigenvalue weighted by Gasteiger charge is -2.09. The van der Waals surface area contributed by atoms with E-state index in [-0.39, 0.29) is 11.6 Å². The summed E-state index contributed by atoms with van der Waals surface area (Å²) in [6.07, 6.45) is 0. The van der Waals surface area contributed by atoms with Crippen LogP contribution in [-0.4, -0.2) is 15.0 Å². The van der Waals surface area contributed by atoms with E-state index in [4.69, 9.17) is 0 Å². The molecule has 1 heterocycles. The topological polar surface area (TPSA) is 56.0 Å². The van der Waals surface area contributed by atoms with Gasteiger partial charge in [-0.1, -0.05) is 17.7 Å². The first-order valence-corrected chi connectivity index (χ1v) is 7.42. The second kappa shape index (κ2) is 5.43. The lowest BCUT2D eigenvalue weighted by atomic mass is 10.0. The van der Waals surface area contributed by atoms with Crippen molar-refractivity contribution in [3.05, 3.63) is 63.6 Å². The highest BCUT2D eigenvalue weighted by molar-refractivity contribution is 6.06. The molecule has 0 fully saturated rings. The zero-order valence-corrected chi connectivity index (χ0v) is 13.7. The number of anilines is 1. The van der Waals surface area contributed by atoms with Crippen molar-refractivity contribution in [1.29, 1.82) is 0 Å². The molecular formula is C18H19N3O2. The van der Waals surface area contributed by atoms with E-state index < -0.39 is 0 Å². The summed E-state index contributed by atoms with van der Waals surface area (Å²) in [5.74, 6) is -0.147. The minimum absolute atomic E-state index is 0.0852. The number of nitrogens with zero attached hydrogens (tertiary/aromatic N) is 2. The lowest BCUT2D eigenvalue weighted by Crippen LogP contribution is -2.19. The predicted octanol–water partition coefficient (Wildman–Crippen LogP) is 2.75. The number of aryl methyl sites for hydroxylation is 4. The third-order valence-electron chi connectivity index (χ3n) is 4.17. The van der Waals surface area contributed by atoms with Crippen molar-refractivity contribution >= 4 is 22.6 Å². The Morgan fingerprint density at radius 1 is 0.957 bits per heavy atom. The molecule has 23 heavy (non-hydrogen) atoms. The molecule has 5 nitrogen and oxygen atoms in total. The minimum atomic E-state index is -0.147. The highest BCUT2D eigenvalue weighted by Gasteiger charge is 2.12. The average Bonchev–Trinajstić information content (AvgIpc) is 2.74. The van der Waals surface area contributed by atoms with E-state index in [0.29, 0.717) is 11.3 Å². The molecule has 0 aliphatic carbocycles. The molecule has 0 aliphatic rings. The SMILES string of the molecule is Cc1ccc(C)c(C(=O)Nc2ccc3c(c2)n(C)c(=O)n3C)c1. The molecule has 3 rings (SSSR count). The third kappa shape index (κ3) is 2.54. The van der Waals surface area contributed by atoms with Crippen LogP contribution in [0.4, 0.5) is 5.69 Å². The van der Waals surface area contributed by atoms with Gasteiger partial charge in [-0.05, 0) is 43.7 Å². The van der Waals surface area contributed by atoms with Crippen LogP contribution < -0.4 is 11.0 Å². The zero-order valence-electron chi connectivity index (χ0n) is 13.7. The van der Waals surface area contributed by atoms with Crippen LogP contribution in [0.2, 0.25) is 0 Å². The van der Waals surface area contributed by atoms with Gasteiger partial charge < -0.3 is 5.32 Å². The summed E-state index contributed by atoms with van der Waals surface area (Å²) in [6, 6.07) is 11.3. The Bertz CT molecular complexity index is 980. The van der Waals surface area contributed by atoms with Gasteiger partial charge in [0, 0.05) is 25.3 Å². The van der Waals surface area contributed by atoms with E-state index in [0.717, 1.165) is 22.2 Å². The summed E-state index contributed by atoms with van der Waals surface area (Å²) in [5.41, 5.74) is 4.84. The number of carbonyl (C=O) groups is 1. The van der Waals surface area contributed by atoms with Gasteiger partial charge in [-0.25, -0.2) is 4.79 Å². The van der Waals surface area contributed by atoms with Gasteiger partial charge in [0.05, 0.1) is 11.0 Å². The molecule has 0 saturated carbocycles. The molecule has 0 aliphatic heterocycles. The number of hydrogen-bond acceptors (Lipinski definition) is 2. The van der Waals surface area contributed by atoms with Crippen molar-refractivity contribution in [2.75, 3.05) is 5.32 Å². The number of rotatable bonds is 2. The molecule has 5 heteroatoms. The van der Waals surface area contributed by atoms with Crippen LogP contribution in [0.25, 0.3) is 11.0 Å². The number of amides is 1. The molecule has 118 valence electrons. The van der Waals surface area contributed by atoms with Crippen molar-refractivity contribution < 1.29 is 4.79 Å². The van der Waals surface area contributed by atoms with E-state index >= 15 is 0 Å². The number of fused-ring (bicyclic) bond motifs is 1. The van der Waals surface area contributed by atoms with E-state index in [1.54, 1.807) is 23.2 Å². The maximum absolute atomic E-state index is 12.5. The Balaban J connectivity index is 1.98. The van der Waals surface area contributed by atoms with Crippen LogP contribution in [0.1, 0.15) is 21.5 Å². The standard InChI is InChI=1S/C18H19N3O2/c1-11-5-6-12(2)14(9-11)17(22)19-13-7-8-15-16(10-13)21(4)18(23)20(15)3/h5-10H,1-4H3,(H,19,22). The van der Waals surface area contributed by atoms with Crippen molar-refractivity contribution in [1.82, 2.24) is 9.13 Å². The fourth-order valence-electron chi connectivity index (χ4n) is 2.76. The quantitative estimate of drug-likeness (QED) is 0.791. The van der Waals surface area contributed by atoms with Crippen LogP contribution in [0, 0.1) is 13.8 Å². The number of nitrogens with one attached hydrogen (secondary N) is 1. The minimum Gasteiger partial charge on any atom is -0.322 e. The molecule has 0 bridgehead atoms. The van der Waals surface area contributed by atoms with Crippen molar-refractivity contribution in [2.45, 2.75) is 13.8 Å². The van der Waals surface area contributed by atoms with Gasteiger partial charge in [0.25, 0.3) is 5.91 Å². The van der Waals surface area contributed by atoms with E-state index in [9.17, 15) is 9.59 Å². The summed E-state index contributed by atoms with van der Waals surface area (Å²) in [4.78, 5) is 24.5. The van der Waals surface area contributed by atoms with Gasteiger partial charge >= 0.3 is 5.69 Å². The predicted molar refractivity (Wildman–Crippen MR) is 92.0 cm³/mol. The average molecular weight is 309 g/mol. The Hall–Kier alpha value is -2.82. The normalized spacial score (nSPS) is 11.0. The smallest absolute Gasteiger partial charge is 0.322 e. The third-order valence-corrected chi connectivity index (χ3v) is 4.17. The molecular weight excluding hydrogens is 290 g/mol. The first kappa shape index (κ1) is 15.1. The first-order valence-electron chi connectivity index (χ1n) is 7.42. The van der Waals surface area contributed by atoms with Gasteiger partial charge in [-0.3, -0.25) is 13.9 Å². The lowest BCUT2D eigenvalue weighted by molar-refractivity contribution is 0.102. The molecule has 0 atom stereocenters. The molecule has 1 amide bonds. The molecule has 0 radical (unpaired) electrons. The van der Waals surface area contributed by atoms with Gasteiger partial charge in [0.1, 0.15) is 0 Å². The van der Waals surface area contributed by atoms with Crippen LogP contribution in [-0.2, 0) is 14.1 Å². The van der Waals surface area contributed by atoms with Gasteiger partial charge in [-0.15, -0.1) is 0 Å². The maximum atomic E-state index is 12.5. The Kier molecular flexibility index (Phi) is 3.56. The highest BCUT2D eigenvalue weighted by atomic mass is 16.2. The Morgan fingerprint density at radius 3 is 2.39 bits per heavy atom. The second-order valence-electron chi connectivity index (χ2n) is 5.88. The summed E-state index contributed by atoms with van der Waals surface area (Å²) in [6.45, 7) is 3.88. The van der Waals surface area contributed by atoms with Crippen LogP contribution in [0.15, 0.2) is 41.2 Å². The van der Waals surface area contributed by atoms with Crippen LogP contribution in [0.5, 0.6) is 0 Å². The van der Waals surface area contributed by atoms with Gasteiger partial charge in [0.2, 0.25) is 0 Å². The van der Waals surface area contributed by atoms with E-state index in [1.165, 1.54) is 0 Å². The van der Waals surface area contributed by atoms with Gasteiger partial charge in [0.15, 0.2) is 0 Å². The number of imidazole rings is 1. The summed E-state index contributed by atoms with van der Waals surface area (Å²) >= 11 is 0. The zero-order chi connectivity index (χ0) is 16.7. The second-order valence-corrected chi connectivity index (χ2v) is 5.88. The number of aromatic nitrogens is 2. The van der Waals surface area contributed by atoms with Crippen molar-refractivity contribution in [2.24, 2.45) is 14.1 Å². The molecule has 0 unspecified atom stereocenters. The van der Waals surface area contributed by atoms with Gasteiger partial charge in [-0.2, -0.15) is 0 Å². The maximum Gasteiger partial charge on any atom is 0.328 e. The Labute approximate surface area is 134 Å². The van der Waals surface area contributed by atoms with Crippen molar-refractivity contribution in [3.8, 4) is 0 Å². The molecule has 1 aromatic heterocycles. The molecule has 0 saturated heterocycles. The summed E-state index contributed by atoms with van der Waals surface area (Å²) in [7, 11) is 3.46. The van der Waals surface area contributed by atoms with E-state index in [1.807, 2.05) is 50.2 Å². The molecule has 0 spiro atoms. The number of benzene rings is 2. The number of hydrogen-bond donors (Lipinski definition) is 1. The Morgan fingerprint density at radius 2 is 1.65 bits per heavy atom. The fourth-order valence-corrected chi connectivity index (χ4v) is 2.76. The van der Waals surface area contributed by atoms with E-state index in [2.05, 4.69) is 5.32 Å². The van der Waals surface area contributed by atoms with Crippen molar-refractivity contribution in [3.63, 3.8) is 0 Å². The van der Waals surface area contributed by atoms with Crippen LogP contribution >= 0.6 is 0 Å². The number of carbonyl (C=O) groups excluding carboxylic acids is 1. The molecule has 2 aromatic carbocycles. The summed E-state index contributed by atoms with van der Waals surface area (Å²) < 4.78 is 3.16. The fraction of sp³-hybridized carbons (Fsp3) is 0.222. The van der Waals surface area contributed by atoms with Crippen LogP contribution in [0.3, 0.4) is 0 Å². The largest absolute Gasteiger partial charge is 0.328 e.